The first-order valence-electron chi connectivity index (χ1n) is 9.44. The molecule has 0 radical (unpaired) electrons. The number of amides is 1. The molecule has 1 atom stereocenters. The van der Waals surface area contributed by atoms with E-state index in [1.54, 1.807) is 4.72 Å². The summed E-state index contributed by atoms with van der Waals surface area (Å²) in [7, 11) is -4.22. The lowest BCUT2D eigenvalue weighted by atomic mass is 10.1. The molecule has 0 saturated carbocycles. The van der Waals surface area contributed by atoms with Gasteiger partial charge in [0.05, 0.1) is 34.6 Å². The topological polar surface area (TPSA) is 113 Å². The molecular formula is C18H19F4N5O3S2. The highest BCUT2D eigenvalue weighted by Crippen LogP contribution is 2.42. The van der Waals surface area contributed by atoms with Crippen molar-refractivity contribution in [3.05, 3.63) is 35.5 Å². The van der Waals surface area contributed by atoms with Crippen LogP contribution in [-0.2, 0) is 14.8 Å². The van der Waals surface area contributed by atoms with E-state index in [0.29, 0.717) is 29.0 Å². The zero-order valence-electron chi connectivity index (χ0n) is 16.7. The average molecular weight is 494 g/mol. The Bertz CT molecular complexity index is 1130. The summed E-state index contributed by atoms with van der Waals surface area (Å²) in [6.07, 6.45) is 0.885. The summed E-state index contributed by atoms with van der Waals surface area (Å²) in [4.78, 5) is 21.6. The highest BCUT2D eigenvalue weighted by molar-refractivity contribution is 7.99. The summed E-state index contributed by atoms with van der Waals surface area (Å²) in [6, 6.07) is 0.309. The summed E-state index contributed by atoms with van der Waals surface area (Å²) in [5.74, 6) is -6.50. The third kappa shape index (κ3) is 5.06. The van der Waals surface area contributed by atoms with Gasteiger partial charge in [0.25, 0.3) is 0 Å². The molecule has 2 aromatic rings. The maximum atomic E-state index is 14.8. The summed E-state index contributed by atoms with van der Waals surface area (Å²) in [5, 5.41) is 5.03. The van der Waals surface area contributed by atoms with Crippen molar-refractivity contribution in [2.24, 2.45) is 0 Å². The van der Waals surface area contributed by atoms with Crippen LogP contribution in [0.15, 0.2) is 17.3 Å². The molecule has 1 aliphatic heterocycles. The Morgan fingerprint density at radius 1 is 1.25 bits per heavy atom. The maximum Gasteiger partial charge on any atom is 0.234 e. The van der Waals surface area contributed by atoms with Gasteiger partial charge in [0.2, 0.25) is 15.9 Å². The first-order chi connectivity index (χ1) is 15.2. The first kappa shape index (κ1) is 24.0. The molecular weight excluding hydrogens is 474 g/mol. The SMILES string of the molecule is CCNc1ncnc2c1SCC2C(=O)Nc1c(F)c(F)cc(NS(=O)(=O)CCCF)c1F. The lowest BCUT2D eigenvalue weighted by Crippen LogP contribution is -2.24. The lowest BCUT2D eigenvalue weighted by molar-refractivity contribution is -0.117. The number of nitrogens with zero attached hydrogens (tertiary/aromatic N) is 2. The van der Waals surface area contributed by atoms with Gasteiger partial charge in [0, 0.05) is 18.4 Å². The van der Waals surface area contributed by atoms with Crippen LogP contribution in [0.4, 0.5) is 34.8 Å². The van der Waals surface area contributed by atoms with Gasteiger partial charge in [-0.2, -0.15) is 0 Å². The van der Waals surface area contributed by atoms with Gasteiger partial charge in [-0.05, 0) is 13.3 Å². The van der Waals surface area contributed by atoms with Crippen LogP contribution in [0.5, 0.6) is 0 Å². The number of halogens is 4. The Morgan fingerprint density at radius 2 is 2.00 bits per heavy atom. The minimum absolute atomic E-state index is 0.208. The van der Waals surface area contributed by atoms with E-state index in [4.69, 9.17) is 0 Å². The van der Waals surface area contributed by atoms with Crippen molar-refractivity contribution in [1.29, 1.82) is 0 Å². The van der Waals surface area contributed by atoms with Crippen molar-refractivity contribution in [3.8, 4) is 0 Å². The second-order valence-corrected chi connectivity index (χ2v) is 9.56. The molecule has 0 saturated heterocycles. The van der Waals surface area contributed by atoms with Gasteiger partial charge in [-0.25, -0.2) is 31.6 Å². The van der Waals surface area contributed by atoms with Gasteiger partial charge in [0.15, 0.2) is 17.5 Å². The van der Waals surface area contributed by atoms with Crippen molar-refractivity contribution < 1.29 is 30.8 Å². The predicted octanol–water partition coefficient (Wildman–Crippen LogP) is 3.26. The molecule has 2 heterocycles. The second kappa shape index (κ2) is 9.90. The number of fused-ring (bicyclic) bond motifs is 1. The molecule has 8 nitrogen and oxygen atoms in total. The molecule has 0 fully saturated rings. The number of sulfonamides is 1. The number of aromatic nitrogens is 2. The van der Waals surface area contributed by atoms with Crippen molar-refractivity contribution in [2.75, 3.05) is 40.1 Å². The minimum Gasteiger partial charge on any atom is -0.369 e. The van der Waals surface area contributed by atoms with E-state index < -0.39 is 63.1 Å². The largest absolute Gasteiger partial charge is 0.369 e. The number of nitrogens with one attached hydrogen (secondary N) is 3. The van der Waals surface area contributed by atoms with E-state index in [0.717, 1.165) is 0 Å². The summed E-state index contributed by atoms with van der Waals surface area (Å²) in [6.45, 7) is 1.50. The first-order valence-corrected chi connectivity index (χ1v) is 12.1. The van der Waals surface area contributed by atoms with Crippen molar-refractivity contribution >= 4 is 44.9 Å². The number of rotatable bonds is 9. The van der Waals surface area contributed by atoms with Crippen molar-refractivity contribution in [1.82, 2.24) is 9.97 Å². The van der Waals surface area contributed by atoms with Crippen LogP contribution in [0.1, 0.15) is 25.0 Å². The van der Waals surface area contributed by atoms with Gasteiger partial charge in [-0.3, -0.25) is 13.9 Å². The highest BCUT2D eigenvalue weighted by Gasteiger charge is 2.34. The molecule has 32 heavy (non-hydrogen) atoms. The number of anilines is 3. The predicted molar refractivity (Wildman–Crippen MR) is 113 cm³/mol. The van der Waals surface area contributed by atoms with Crippen molar-refractivity contribution in [2.45, 2.75) is 24.2 Å². The molecule has 14 heteroatoms. The van der Waals surface area contributed by atoms with Gasteiger partial charge in [-0.15, -0.1) is 11.8 Å². The zero-order chi connectivity index (χ0) is 23.5. The highest BCUT2D eigenvalue weighted by atomic mass is 32.2. The molecule has 1 aromatic carbocycles. The van der Waals surface area contributed by atoms with Crippen LogP contribution >= 0.6 is 11.8 Å². The molecule has 0 aliphatic carbocycles. The Morgan fingerprint density at radius 3 is 2.69 bits per heavy atom. The normalized spacial score (nSPS) is 15.3. The summed E-state index contributed by atoms with van der Waals surface area (Å²) >= 11 is 1.28. The minimum atomic E-state index is -4.22. The van der Waals surface area contributed by atoms with Crippen LogP contribution in [0, 0.1) is 17.5 Å². The van der Waals surface area contributed by atoms with E-state index >= 15 is 0 Å². The molecule has 1 aliphatic rings. The van der Waals surface area contributed by atoms with Crippen LogP contribution in [0.3, 0.4) is 0 Å². The Labute approximate surface area is 185 Å². The Balaban J connectivity index is 1.88. The fraction of sp³-hybridized carbons (Fsp3) is 0.389. The van der Waals surface area contributed by atoms with Gasteiger partial charge < -0.3 is 10.6 Å². The fourth-order valence-electron chi connectivity index (χ4n) is 2.98. The van der Waals surface area contributed by atoms with Crippen LogP contribution in [0.25, 0.3) is 0 Å². The average Bonchev–Trinajstić information content (AvgIpc) is 3.19. The standard InChI is InChI=1S/C18H19F4N5O3S2/c1-2-23-17-16-14(24-8-25-17)9(7-31-16)18(28)26-15-12(21)10(20)6-11(13(15)22)27-32(29,30)5-3-4-19/h6,8-9,27H,2-5,7H2,1H3,(H,26,28)(H,23,24,25). The fourth-order valence-corrected chi connectivity index (χ4v) is 5.30. The van der Waals surface area contributed by atoms with Crippen LogP contribution < -0.4 is 15.4 Å². The number of carbonyl (C=O) groups is 1. The van der Waals surface area contributed by atoms with Gasteiger partial charge in [0.1, 0.15) is 17.8 Å². The molecule has 1 unspecified atom stereocenters. The zero-order valence-corrected chi connectivity index (χ0v) is 18.3. The van der Waals surface area contributed by atoms with Crippen LogP contribution in [0.2, 0.25) is 0 Å². The number of carbonyl (C=O) groups excluding carboxylic acids is 1. The molecule has 0 bridgehead atoms. The molecule has 174 valence electrons. The van der Waals surface area contributed by atoms with Gasteiger partial charge >= 0.3 is 0 Å². The van der Waals surface area contributed by atoms with Gasteiger partial charge in [-0.1, -0.05) is 0 Å². The van der Waals surface area contributed by atoms with E-state index in [-0.39, 0.29) is 12.2 Å². The maximum absolute atomic E-state index is 14.8. The number of alkyl halides is 1. The second-order valence-electron chi connectivity index (χ2n) is 6.69. The van der Waals surface area contributed by atoms with E-state index in [9.17, 15) is 30.8 Å². The monoisotopic (exact) mass is 493 g/mol. The van der Waals surface area contributed by atoms with E-state index in [1.807, 2.05) is 12.2 Å². The molecule has 1 aromatic heterocycles. The third-order valence-corrected chi connectivity index (χ3v) is 6.98. The molecule has 3 rings (SSSR count). The number of benzene rings is 1. The van der Waals surface area contributed by atoms with E-state index in [1.165, 1.54) is 18.1 Å². The Hall–Kier alpha value is -2.61. The molecule has 1 amide bonds. The summed E-state index contributed by atoms with van der Waals surface area (Å²) < 4.78 is 80.9. The van der Waals surface area contributed by atoms with E-state index in [2.05, 4.69) is 15.3 Å². The summed E-state index contributed by atoms with van der Waals surface area (Å²) in [5.41, 5.74) is -1.70. The number of hydrogen-bond acceptors (Lipinski definition) is 7. The number of hydrogen-bond donors (Lipinski definition) is 3. The molecule has 0 spiro atoms. The molecule has 3 N–H and O–H groups in total. The lowest BCUT2D eigenvalue weighted by Gasteiger charge is -2.15. The quantitative estimate of drug-likeness (QED) is 0.363. The number of thioether (sulfide) groups is 1. The van der Waals surface area contributed by atoms with Crippen LogP contribution in [-0.4, -0.2) is 49.0 Å². The smallest absolute Gasteiger partial charge is 0.234 e. The third-order valence-electron chi connectivity index (χ3n) is 4.43. The Kier molecular flexibility index (Phi) is 7.44. The van der Waals surface area contributed by atoms with Crippen molar-refractivity contribution in [3.63, 3.8) is 0 Å².